The molecule has 1 aliphatic rings. The van der Waals surface area contributed by atoms with Crippen molar-refractivity contribution < 1.29 is 38.1 Å². The number of halogens is 2. The van der Waals surface area contributed by atoms with Gasteiger partial charge in [0, 0.05) is 42.2 Å². The van der Waals surface area contributed by atoms with Crippen molar-refractivity contribution in [1.29, 1.82) is 0 Å². The average Bonchev–Trinajstić information content (AvgIpc) is 3.42. The van der Waals surface area contributed by atoms with E-state index in [1.165, 1.54) is 46.9 Å². The van der Waals surface area contributed by atoms with Crippen LogP contribution in [0.3, 0.4) is 0 Å². The second-order valence-electron chi connectivity index (χ2n) is 8.84. The number of pyridine rings is 1. The molecule has 0 aliphatic heterocycles. The van der Waals surface area contributed by atoms with Crippen LogP contribution < -0.4 is 14.8 Å². The molecule has 13 heteroatoms. The number of fused-ring (bicyclic) bond motifs is 1. The molecular formula is C25H23F2N5O6. The normalized spacial score (nSPS) is 14.1. The van der Waals surface area contributed by atoms with Gasteiger partial charge >= 0.3 is 12.6 Å². The Balaban J connectivity index is 1.68. The number of aliphatic hydroxyl groups excluding tert-OH is 1. The summed E-state index contributed by atoms with van der Waals surface area (Å²) in [5.41, 5.74) is 1.90. The topological polar surface area (TPSA) is 140 Å². The Morgan fingerprint density at radius 2 is 1.87 bits per heavy atom. The van der Waals surface area contributed by atoms with Gasteiger partial charge in [-0.1, -0.05) is 0 Å². The van der Waals surface area contributed by atoms with Gasteiger partial charge < -0.3 is 25.0 Å². The van der Waals surface area contributed by atoms with Crippen molar-refractivity contribution in [3.63, 3.8) is 0 Å². The summed E-state index contributed by atoms with van der Waals surface area (Å²) in [5.74, 6) is -2.45. The molecule has 3 heterocycles. The molecule has 1 unspecified atom stereocenters. The van der Waals surface area contributed by atoms with Gasteiger partial charge in [-0.2, -0.15) is 13.9 Å². The molecule has 38 heavy (non-hydrogen) atoms. The van der Waals surface area contributed by atoms with Gasteiger partial charge in [-0.05, 0) is 36.6 Å². The molecule has 1 atom stereocenters. The van der Waals surface area contributed by atoms with E-state index in [0.29, 0.717) is 28.0 Å². The maximum Gasteiger partial charge on any atom is 0.387 e. The summed E-state index contributed by atoms with van der Waals surface area (Å²) < 4.78 is 39.8. The second-order valence-corrected chi connectivity index (χ2v) is 8.84. The van der Waals surface area contributed by atoms with Crippen LogP contribution in [-0.4, -0.2) is 61.0 Å². The highest BCUT2D eigenvalue weighted by atomic mass is 19.3. The predicted octanol–water partition coefficient (Wildman–Crippen LogP) is 3.02. The number of alkyl halides is 2. The number of carbonyl (C=O) groups excluding carboxylic acids is 1. The molecule has 1 saturated carbocycles. The number of aliphatic carboxylic acids is 1. The average molecular weight is 527 g/mol. The fraction of sp³-hybridized carbons (Fsp3) is 0.280. The number of hydrogen-bond donors (Lipinski definition) is 3. The van der Waals surface area contributed by atoms with Gasteiger partial charge in [0.05, 0.1) is 25.2 Å². The van der Waals surface area contributed by atoms with E-state index in [4.69, 9.17) is 9.47 Å². The number of imidazole rings is 1. The Hall–Kier alpha value is -4.52. The lowest BCUT2D eigenvalue weighted by atomic mass is 10.00. The number of benzene rings is 1. The number of nitrogens with one attached hydrogen (secondary N) is 1. The smallest absolute Gasteiger partial charge is 0.387 e. The van der Waals surface area contributed by atoms with E-state index >= 15 is 0 Å². The van der Waals surface area contributed by atoms with Crippen molar-refractivity contribution in [2.75, 3.05) is 7.11 Å². The lowest BCUT2D eigenvalue weighted by Crippen LogP contribution is -2.26. The van der Waals surface area contributed by atoms with Crippen LogP contribution in [0.4, 0.5) is 8.78 Å². The maximum atomic E-state index is 13.3. The minimum absolute atomic E-state index is 0.00373. The molecule has 0 bridgehead atoms. The summed E-state index contributed by atoms with van der Waals surface area (Å²) in [4.78, 5) is 28.9. The van der Waals surface area contributed by atoms with Crippen molar-refractivity contribution in [3.05, 3.63) is 54.1 Å². The number of rotatable bonds is 9. The Bertz CT molecular complexity index is 1540. The number of carboxylic acid groups (broad SMARTS) is 1. The second kappa shape index (κ2) is 9.74. The van der Waals surface area contributed by atoms with E-state index in [0.717, 1.165) is 12.8 Å². The van der Waals surface area contributed by atoms with Crippen molar-refractivity contribution in [2.45, 2.75) is 31.6 Å². The van der Waals surface area contributed by atoms with E-state index < -0.39 is 24.6 Å². The third kappa shape index (κ3) is 4.75. The summed E-state index contributed by atoms with van der Waals surface area (Å²) in [6.07, 6.45) is 5.77. The van der Waals surface area contributed by atoms with Crippen molar-refractivity contribution in [3.8, 4) is 33.9 Å². The third-order valence-electron chi connectivity index (χ3n) is 6.16. The van der Waals surface area contributed by atoms with Crippen LogP contribution in [-0.2, 0) is 11.8 Å². The molecule has 11 nitrogen and oxygen atoms in total. The quantitative estimate of drug-likeness (QED) is 0.302. The van der Waals surface area contributed by atoms with Crippen LogP contribution in [0.1, 0.15) is 34.9 Å². The highest BCUT2D eigenvalue weighted by Crippen LogP contribution is 2.38. The van der Waals surface area contributed by atoms with Gasteiger partial charge in [0.25, 0.3) is 5.91 Å². The number of carboxylic acids is 1. The number of ether oxygens (including phenoxy) is 2. The van der Waals surface area contributed by atoms with E-state index in [9.17, 15) is 28.6 Å². The van der Waals surface area contributed by atoms with E-state index in [-0.39, 0.29) is 28.7 Å². The standard InChI is InChI=1S/C25H23F2N5O6/c1-31-10-13(8-29-31)15-7-20-28-9-17(32(20)11-16(15)22(33)24(35)36)12-5-18(37-2)21(19(6-12)38-25(26)27)23(34)30-14-3-4-14/h5-11,14,22,25,33H,3-4H2,1-2H3,(H,30,34)(H,35,36). The predicted molar refractivity (Wildman–Crippen MR) is 129 cm³/mol. The molecule has 3 N–H and O–H groups in total. The van der Waals surface area contributed by atoms with E-state index in [1.54, 1.807) is 19.3 Å². The molecule has 4 aromatic rings. The number of amides is 1. The van der Waals surface area contributed by atoms with Crippen LogP contribution in [0.5, 0.6) is 11.5 Å². The Kier molecular flexibility index (Phi) is 6.45. The van der Waals surface area contributed by atoms with Crippen LogP contribution in [0.15, 0.2) is 43.0 Å². The number of carbonyl (C=O) groups is 2. The monoisotopic (exact) mass is 527 g/mol. The molecule has 1 aromatic carbocycles. The number of aliphatic hydroxyl groups is 1. The molecule has 198 valence electrons. The lowest BCUT2D eigenvalue weighted by Gasteiger charge is -2.17. The van der Waals surface area contributed by atoms with Gasteiger partial charge in [-0.3, -0.25) is 13.9 Å². The molecule has 1 aliphatic carbocycles. The summed E-state index contributed by atoms with van der Waals surface area (Å²) in [5, 5.41) is 26.8. The molecule has 0 saturated heterocycles. The number of aryl methyl sites for hydroxylation is 1. The molecular weight excluding hydrogens is 504 g/mol. The Morgan fingerprint density at radius 1 is 1.13 bits per heavy atom. The Morgan fingerprint density at radius 3 is 2.47 bits per heavy atom. The van der Waals surface area contributed by atoms with Crippen LogP contribution in [0, 0.1) is 0 Å². The summed E-state index contributed by atoms with van der Waals surface area (Å²) >= 11 is 0. The molecule has 0 spiro atoms. The largest absolute Gasteiger partial charge is 0.496 e. The maximum absolute atomic E-state index is 13.3. The zero-order valence-electron chi connectivity index (χ0n) is 20.3. The molecule has 0 radical (unpaired) electrons. The number of methoxy groups -OCH3 is 1. The molecule has 5 rings (SSSR count). The summed E-state index contributed by atoms with van der Waals surface area (Å²) in [6, 6.07) is 4.31. The third-order valence-corrected chi connectivity index (χ3v) is 6.16. The first-order valence-electron chi connectivity index (χ1n) is 11.5. The zero-order valence-corrected chi connectivity index (χ0v) is 20.3. The van der Waals surface area contributed by atoms with E-state index in [2.05, 4.69) is 15.4 Å². The van der Waals surface area contributed by atoms with Gasteiger partial charge in [-0.25, -0.2) is 9.78 Å². The van der Waals surface area contributed by atoms with Crippen molar-refractivity contribution >= 4 is 17.5 Å². The fourth-order valence-corrected chi connectivity index (χ4v) is 4.21. The highest BCUT2D eigenvalue weighted by molar-refractivity contribution is 6.01. The zero-order chi connectivity index (χ0) is 27.1. The van der Waals surface area contributed by atoms with Gasteiger partial charge in [0.1, 0.15) is 22.7 Å². The molecule has 1 fully saturated rings. The molecule has 3 aromatic heterocycles. The van der Waals surface area contributed by atoms with E-state index in [1.807, 2.05) is 0 Å². The van der Waals surface area contributed by atoms with Gasteiger partial charge in [-0.15, -0.1) is 0 Å². The van der Waals surface area contributed by atoms with Crippen LogP contribution in [0.2, 0.25) is 0 Å². The summed E-state index contributed by atoms with van der Waals surface area (Å²) in [6.45, 7) is -3.20. The lowest BCUT2D eigenvalue weighted by molar-refractivity contribution is -0.146. The first kappa shape index (κ1) is 25.1. The highest BCUT2D eigenvalue weighted by Gasteiger charge is 2.29. The Labute approximate surface area is 214 Å². The first-order chi connectivity index (χ1) is 18.2. The minimum Gasteiger partial charge on any atom is -0.496 e. The van der Waals surface area contributed by atoms with Crippen molar-refractivity contribution in [2.24, 2.45) is 7.05 Å². The van der Waals surface area contributed by atoms with Crippen LogP contribution in [0.25, 0.3) is 28.0 Å². The molecule has 1 amide bonds. The van der Waals surface area contributed by atoms with Gasteiger partial charge in [0.15, 0.2) is 6.10 Å². The van der Waals surface area contributed by atoms with Crippen molar-refractivity contribution in [1.82, 2.24) is 24.5 Å². The fourth-order valence-electron chi connectivity index (χ4n) is 4.21. The number of hydrogen-bond acceptors (Lipinski definition) is 7. The summed E-state index contributed by atoms with van der Waals surface area (Å²) in [7, 11) is 3.00. The first-order valence-corrected chi connectivity index (χ1v) is 11.5. The van der Waals surface area contributed by atoms with Gasteiger partial charge in [0.2, 0.25) is 0 Å². The minimum atomic E-state index is -3.20. The number of nitrogens with zero attached hydrogens (tertiary/aromatic N) is 4. The number of aromatic nitrogens is 4. The van der Waals surface area contributed by atoms with Crippen LogP contribution >= 0.6 is 0 Å². The SMILES string of the molecule is COc1cc(-c2cnc3cc(-c4cnn(C)c4)c(C(O)C(=O)O)cn23)cc(OC(F)F)c1C(=O)NC1CC1.